The minimum atomic E-state index is -2.75. The third kappa shape index (κ3) is 3.59. The number of hydrogen-bond acceptors (Lipinski definition) is 2. The van der Waals surface area contributed by atoms with Crippen molar-refractivity contribution < 1.29 is 13.6 Å². The fourth-order valence-electron chi connectivity index (χ4n) is 2.73. The minimum absolute atomic E-state index is 0.00333. The largest absolute Gasteiger partial charge is 0.348 e. The fourth-order valence-corrected chi connectivity index (χ4v) is 3.10. The molecule has 1 saturated carbocycles. The van der Waals surface area contributed by atoms with Gasteiger partial charge in [0.05, 0.1) is 16.8 Å². The standard InChI is InChI=1S/C17H18ClF2N3O/c1-10(11-5-3-2-4-6-11)21-13(24)9-23-16(12-7-8-12)14(18)15(22-23)17(19)20/h2-6,10,12,17H,7-9H2,1H3,(H,21,24). The summed E-state index contributed by atoms with van der Waals surface area (Å²) in [5, 5.41) is 6.72. The van der Waals surface area contributed by atoms with E-state index < -0.39 is 12.1 Å². The van der Waals surface area contributed by atoms with E-state index in [1.165, 1.54) is 4.68 Å². The predicted molar refractivity (Wildman–Crippen MR) is 87.2 cm³/mol. The zero-order chi connectivity index (χ0) is 17.3. The average molecular weight is 354 g/mol. The second-order valence-electron chi connectivity index (χ2n) is 6.02. The van der Waals surface area contributed by atoms with Crippen LogP contribution in [0, 0.1) is 0 Å². The fraction of sp³-hybridized carbons (Fsp3) is 0.412. The summed E-state index contributed by atoms with van der Waals surface area (Å²) in [4.78, 5) is 12.3. The first-order valence-corrected chi connectivity index (χ1v) is 8.23. The Morgan fingerprint density at radius 2 is 2.04 bits per heavy atom. The maximum absolute atomic E-state index is 13.0. The molecule has 1 N–H and O–H groups in total. The van der Waals surface area contributed by atoms with Crippen molar-refractivity contribution in [3.63, 3.8) is 0 Å². The summed E-state index contributed by atoms with van der Waals surface area (Å²) in [6.07, 6.45) is -0.978. The van der Waals surface area contributed by atoms with E-state index in [0.717, 1.165) is 18.4 Å². The second-order valence-corrected chi connectivity index (χ2v) is 6.39. The van der Waals surface area contributed by atoms with Crippen molar-refractivity contribution in [1.29, 1.82) is 0 Å². The molecule has 1 aliphatic carbocycles. The van der Waals surface area contributed by atoms with Gasteiger partial charge < -0.3 is 5.32 Å². The van der Waals surface area contributed by atoms with Crippen LogP contribution in [-0.4, -0.2) is 15.7 Å². The Morgan fingerprint density at radius 1 is 1.38 bits per heavy atom. The molecule has 7 heteroatoms. The number of hydrogen-bond donors (Lipinski definition) is 1. The van der Waals surface area contributed by atoms with Crippen molar-refractivity contribution in [2.24, 2.45) is 0 Å². The van der Waals surface area contributed by atoms with E-state index >= 15 is 0 Å². The van der Waals surface area contributed by atoms with Crippen molar-refractivity contribution in [1.82, 2.24) is 15.1 Å². The number of amides is 1. The van der Waals surface area contributed by atoms with Gasteiger partial charge in [-0.05, 0) is 25.3 Å². The van der Waals surface area contributed by atoms with Gasteiger partial charge in [0.1, 0.15) is 12.2 Å². The number of aromatic nitrogens is 2. The number of halogens is 3. The summed E-state index contributed by atoms with van der Waals surface area (Å²) in [5.74, 6) is -0.162. The van der Waals surface area contributed by atoms with Crippen LogP contribution in [0.15, 0.2) is 30.3 Å². The molecular formula is C17H18ClF2N3O. The Morgan fingerprint density at radius 3 is 2.62 bits per heavy atom. The van der Waals surface area contributed by atoms with Crippen LogP contribution in [0.2, 0.25) is 5.02 Å². The molecule has 1 unspecified atom stereocenters. The molecule has 24 heavy (non-hydrogen) atoms. The lowest BCUT2D eigenvalue weighted by Crippen LogP contribution is -2.31. The van der Waals surface area contributed by atoms with Crippen LogP contribution in [0.4, 0.5) is 8.78 Å². The van der Waals surface area contributed by atoms with Crippen LogP contribution in [0.5, 0.6) is 0 Å². The van der Waals surface area contributed by atoms with Crippen LogP contribution in [0.1, 0.15) is 55.1 Å². The predicted octanol–water partition coefficient (Wildman–Crippen LogP) is 4.23. The van der Waals surface area contributed by atoms with Crippen molar-refractivity contribution in [3.8, 4) is 0 Å². The molecule has 3 rings (SSSR count). The highest BCUT2D eigenvalue weighted by Crippen LogP contribution is 2.45. The summed E-state index contributed by atoms with van der Waals surface area (Å²) < 4.78 is 27.4. The zero-order valence-electron chi connectivity index (χ0n) is 13.2. The summed E-state index contributed by atoms with van der Waals surface area (Å²) in [6, 6.07) is 9.35. The molecule has 1 fully saturated rings. The molecule has 1 aliphatic rings. The molecule has 1 amide bonds. The van der Waals surface area contributed by atoms with Crippen LogP contribution in [0.25, 0.3) is 0 Å². The molecule has 0 bridgehead atoms. The highest BCUT2D eigenvalue weighted by Gasteiger charge is 2.34. The summed E-state index contributed by atoms with van der Waals surface area (Å²) in [6.45, 7) is 1.76. The number of alkyl halides is 2. The number of benzene rings is 1. The van der Waals surface area contributed by atoms with Crippen LogP contribution >= 0.6 is 11.6 Å². The Labute approximate surface area is 143 Å². The lowest BCUT2D eigenvalue weighted by Gasteiger charge is -2.15. The van der Waals surface area contributed by atoms with Crippen LogP contribution in [0.3, 0.4) is 0 Å². The van der Waals surface area contributed by atoms with Crippen molar-refractivity contribution in [3.05, 3.63) is 52.3 Å². The quantitative estimate of drug-likeness (QED) is 0.844. The minimum Gasteiger partial charge on any atom is -0.348 e. The highest BCUT2D eigenvalue weighted by molar-refractivity contribution is 6.32. The molecule has 0 aliphatic heterocycles. The Kier molecular flexibility index (Phi) is 4.85. The molecule has 2 aromatic rings. The summed E-state index contributed by atoms with van der Waals surface area (Å²) in [7, 11) is 0. The first-order chi connectivity index (χ1) is 11.5. The number of nitrogens with one attached hydrogen (secondary N) is 1. The smallest absolute Gasteiger partial charge is 0.283 e. The van der Waals surface area contributed by atoms with Crippen molar-refractivity contribution in [2.75, 3.05) is 0 Å². The van der Waals surface area contributed by atoms with Gasteiger partial charge in [0.2, 0.25) is 5.91 Å². The van der Waals surface area contributed by atoms with E-state index in [-0.39, 0.29) is 29.4 Å². The maximum Gasteiger partial charge on any atom is 0.283 e. The Balaban J connectivity index is 1.73. The molecule has 128 valence electrons. The number of carbonyl (C=O) groups is 1. The van der Waals surface area contributed by atoms with Crippen molar-refractivity contribution >= 4 is 17.5 Å². The van der Waals surface area contributed by atoms with Gasteiger partial charge in [-0.15, -0.1) is 0 Å². The van der Waals surface area contributed by atoms with Gasteiger partial charge in [-0.2, -0.15) is 5.10 Å². The van der Waals surface area contributed by atoms with Gasteiger partial charge in [0.15, 0.2) is 0 Å². The molecule has 0 spiro atoms. The SMILES string of the molecule is CC(NC(=O)Cn1nc(C(F)F)c(Cl)c1C1CC1)c1ccccc1. The van der Waals surface area contributed by atoms with E-state index in [4.69, 9.17) is 11.6 Å². The molecule has 0 radical (unpaired) electrons. The number of carbonyl (C=O) groups excluding carboxylic acids is 1. The topological polar surface area (TPSA) is 46.9 Å². The average Bonchev–Trinajstić information content (AvgIpc) is 3.32. The van der Waals surface area contributed by atoms with Crippen LogP contribution in [-0.2, 0) is 11.3 Å². The van der Waals surface area contributed by atoms with Gasteiger partial charge in [-0.3, -0.25) is 9.48 Å². The van der Waals surface area contributed by atoms with Gasteiger partial charge in [0, 0.05) is 5.92 Å². The monoisotopic (exact) mass is 353 g/mol. The lowest BCUT2D eigenvalue weighted by molar-refractivity contribution is -0.122. The zero-order valence-corrected chi connectivity index (χ0v) is 13.9. The third-order valence-electron chi connectivity index (χ3n) is 4.10. The molecule has 1 aromatic heterocycles. The van der Waals surface area contributed by atoms with Crippen LogP contribution < -0.4 is 5.32 Å². The van der Waals surface area contributed by atoms with E-state index in [9.17, 15) is 13.6 Å². The van der Waals surface area contributed by atoms with Gasteiger partial charge >= 0.3 is 0 Å². The second kappa shape index (κ2) is 6.89. The van der Waals surface area contributed by atoms with E-state index in [0.29, 0.717) is 5.69 Å². The maximum atomic E-state index is 13.0. The molecule has 1 atom stereocenters. The normalized spacial score (nSPS) is 15.5. The number of rotatable bonds is 6. The Bertz CT molecular complexity index is 729. The van der Waals surface area contributed by atoms with E-state index in [1.54, 1.807) is 0 Å². The molecule has 0 saturated heterocycles. The summed E-state index contributed by atoms with van der Waals surface area (Å²) >= 11 is 6.05. The third-order valence-corrected chi connectivity index (χ3v) is 4.48. The first kappa shape index (κ1) is 16.9. The Hall–Kier alpha value is -1.95. The number of nitrogens with zero attached hydrogens (tertiary/aromatic N) is 2. The highest BCUT2D eigenvalue weighted by atomic mass is 35.5. The molecule has 1 aromatic carbocycles. The summed E-state index contributed by atoms with van der Waals surface area (Å²) in [5.41, 5.74) is 1.08. The molecular weight excluding hydrogens is 336 g/mol. The van der Waals surface area contributed by atoms with Gasteiger partial charge in [-0.25, -0.2) is 8.78 Å². The van der Waals surface area contributed by atoms with Gasteiger partial charge in [-0.1, -0.05) is 41.9 Å². The molecule has 4 nitrogen and oxygen atoms in total. The van der Waals surface area contributed by atoms with E-state index in [2.05, 4.69) is 10.4 Å². The van der Waals surface area contributed by atoms with Crippen molar-refractivity contribution in [2.45, 2.75) is 44.7 Å². The first-order valence-electron chi connectivity index (χ1n) is 7.86. The van der Waals surface area contributed by atoms with Gasteiger partial charge in [0.25, 0.3) is 6.43 Å². The lowest BCUT2D eigenvalue weighted by atomic mass is 10.1. The van der Waals surface area contributed by atoms with E-state index in [1.807, 2.05) is 37.3 Å². The molecule has 1 heterocycles.